The summed E-state index contributed by atoms with van der Waals surface area (Å²) in [6.07, 6.45) is -3.87. The fourth-order valence-corrected chi connectivity index (χ4v) is 2.27. The predicted octanol–water partition coefficient (Wildman–Crippen LogP) is 3.41. The maximum Gasteiger partial charge on any atom is 0.416 e. The molecule has 0 bridgehead atoms. The van der Waals surface area contributed by atoms with Crippen LogP contribution in [0.25, 0.3) is 0 Å². The van der Waals surface area contributed by atoms with Crippen LogP contribution < -0.4 is 5.73 Å². The molecule has 0 amide bonds. The Hall–Kier alpha value is -1.95. The molecule has 0 saturated carbocycles. The van der Waals surface area contributed by atoms with Gasteiger partial charge in [0.1, 0.15) is 0 Å². The van der Waals surface area contributed by atoms with E-state index in [1.54, 1.807) is 19.1 Å². The fourth-order valence-electron chi connectivity index (χ4n) is 2.27. The van der Waals surface area contributed by atoms with Crippen molar-refractivity contribution in [2.75, 3.05) is 0 Å². The first-order valence-corrected chi connectivity index (χ1v) is 6.59. The smallest absolute Gasteiger partial charge is 0.320 e. The van der Waals surface area contributed by atoms with Crippen LogP contribution in [0.2, 0.25) is 0 Å². The van der Waals surface area contributed by atoms with Crippen molar-refractivity contribution in [3.63, 3.8) is 0 Å². The second-order valence-electron chi connectivity index (χ2n) is 4.80. The molecule has 21 heavy (non-hydrogen) atoms. The van der Waals surface area contributed by atoms with E-state index in [-0.39, 0.29) is 5.56 Å². The predicted molar refractivity (Wildman–Crippen MR) is 73.6 cm³/mol. The van der Waals surface area contributed by atoms with Crippen molar-refractivity contribution >= 4 is 0 Å². The van der Waals surface area contributed by atoms with Crippen LogP contribution in [-0.4, -0.2) is 10.2 Å². The van der Waals surface area contributed by atoms with E-state index in [1.807, 2.05) is 6.92 Å². The van der Waals surface area contributed by atoms with Gasteiger partial charge in [0.05, 0.1) is 23.0 Å². The lowest BCUT2D eigenvalue weighted by molar-refractivity contribution is -0.138. The van der Waals surface area contributed by atoms with Gasteiger partial charge in [-0.05, 0) is 36.6 Å². The van der Waals surface area contributed by atoms with Crippen LogP contribution in [0, 0.1) is 6.92 Å². The largest absolute Gasteiger partial charge is 0.416 e. The number of nitrogens with zero attached hydrogens (tertiary/aromatic N) is 2. The van der Waals surface area contributed by atoms with E-state index in [1.165, 1.54) is 12.1 Å². The number of alkyl halides is 3. The second-order valence-corrected chi connectivity index (χ2v) is 4.80. The zero-order valence-corrected chi connectivity index (χ0v) is 11.8. The molecule has 1 aromatic heterocycles. The lowest BCUT2D eigenvalue weighted by Crippen LogP contribution is -2.20. The number of benzene rings is 1. The third kappa shape index (κ3) is 3.21. The van der Waals surface area contributed by atoms with Gasteiger partial charge in [-0.2, -0.15) is 23.4 Å². The average molecular weight is 295 g/mol. The van der Waals surface area contributed by atoms with Crippen molar-refractivity contribution in [3.05, 3.63) is 58.4 Å². The third-order valence-corrected chi connectivity index (χ3v) is 3.30. The van der Waals surface area contributed by atoms with Crippen LogP contribution in [0.3, 0.4) is 0 Å². The Kier molecular flexibility index (Phi) is 4.27. The normalized spacial score (nSPS) is 13.2. The summed E-state index contributed by atoms with van der Waals surface area (Å²) < 4.78 is 39.3. The van der Waals surface area contributed by atoms with Crippen molar-refractivity contribution in [1.82, 2.24) is 10.2 Å². The van der Waals surface area contributed by atoms with Crippen molar-refractivity contribution < 1.29 is 13.2 Å². The monoisotopic (exact) mass is 295 g/mol. The molecule has 1 atom stereocenters. The van der Waals surface area contributed by atoms with E-state index in [2.05, 4.69) is 10.2 Å². The minimum atomic E-state index is -4.43. The molecule has 1 heterocycles. The number of aryl methyl sites for hydroxylation is 2. The van der Waals surface area contributed by atoms with Gasteiger partial charge in [0.15, 0.2) is 0 Å². The number of hydrogen-bond donors (Lipinski definition) is 1. The molecular formula is C15H16F3N3. The van der Waals surface area contributed by atoms with Crippen molar-refractivity contribution in [2.45, 2.75) is 32.5 Å². The Bertz CT molecular complexity index is 638. The molecule has 1 unspecified atom stereocenters. The van der Waals surface area contributed by atoms with Gasteiger partial charge in [0.25, 0.3) is 0 Å². The summed E-state index contributed by atoms with van der Waals surface area (Å²) in [6, 6.07) is 6.18. The van der Waals surface area contributed by atoms with Crippen molar-refractivity contribution in [3.8, 4) is 0 Å². The summed E-state index contributed by atoms with van der Waals surface area (Å²) in [5, 5.41) is 7.95. The zero-order valence-electron chi connectivity index (χ0n) is 11.8. The Morgan fingerprint density at radius 3 is 2.43 bits per heavy atom. The molecule has 0 radical (unpaired) electrons. The maximum atomic E-state index is 13.1. The van der Waals surface area contributed by atoms with Gasteiger partial charge in [-0.1, -0.05) is 25.1 Å². The maximum absolute atomic E-state index is 13.1. The molecular weight excluding hydrogens is 279 g/mol. The van der Waals surface area contributed by atoms with Gasteiger partial charge in [0.2, 0.25) is 0 Å². The van der Waals surface area contributed by atoms with E-state index in [0.29, 0.717) is 23.4 Å². The van der Waals surface area contributed by atoms with Gasteiger partial charge in [-0.3, -0.25) is 0 Å². The summed E-state index contributed by atoms with van der Waals surface area (Å²) in [5.41, 5.74) is 7.25. The van der Waals surface area contributed by atoms with E-state index < -0.39 is 17.8 Å². The molecule has 1 aromatic carbocycles. The van der Waals surface area contributed by atoms with E-state index in [9.17, 15) is 13.2 Å². The fraction of sp³-hybridized carbons (Fsp3) is 0.333. The molecule has 2 rings (SSSR count). The lowest BCUT2D eigenvalue weighted by atomic mass is 9.93. The van der Waals surface area contributed by atoms with Gasteiger partial charge in [-0.25, -0.2) is 0 Å². The van der Waals surface area contributed by atoms with Crippen LogP contribution >= 0.6 is 0 Å². The van der Waals surface area contributed by atoms with E-state index in [4.69, 9.17) is 5.73 Å². The van der Waals surface area contributed by atoms with Crippen molar-refractivity contribution in [2.24, 2.45) is 5.73 Å². The van der Waals surface area contributed by atoms with Gasteiger partial charge in [-0.15, -0.1) is 0 Å². The highest BCUT2D eigenvalue weighted by molar-refractivity contribution is 5.40. The summed E-state index contributed by atoms with van der Waals surface area (Å²) in [6.45, 7) is 3.60. The standard InChI is InChI=1S/C15H16F3N3/c1-3-13-11(8-9(2)20-21-13)14(19)10-6-4-5-7-12(10)15(16,17)18/h4-8,14H,3,19H2,1-2H3. The first-order valence-electron chi connectivity index (χ1n) is 6.59. The number of rotatable bonds is 3. The Morgan fingerprint density at radius 1 is 1.14 bits per heavy atom. The van der Waals surface area contributed by atoms with Crippen LogP contribution in [0.1, 0.15) is 41.0 Å². The lowest BCUT2D eigenvalue weighted by Gasteiger charge is -2.20. The molecule has 112 valence electrons. The summed E-state index contributed by atoms with van der Waals surface area (Å²) in [7, 11) is 0. The molecule has 0 saturated heterocycles. The molecule has 0 aliphatic rings. The Labute approximate surface area is 121 Å². The summed E-state index contributed by atoms with van der Waals surface area (Å²) in [4.78, 5) is 0. The molecule has 2 aromatic rings. The molecule has 3 nitrogen and oxygen atoms in total. The van der Waals surface area contributed by atoms with Crippen LogP contribution in [0.4, 0.5) is 13.2 Å². The zero-order chi connectivity index (χ0) is 15.6. The molecule has 0 aliphatic heterocycles. The van der Waals surface area contributed by atoms with Crippen molar-refractivity contribution in [1.29, 1.82) is 0 Å². The Morgan fingerprint density at radius 2 is 1.81 bits per heavy atom. The topological polar surface area (TPSA) is 51.8 Å². The number of hydrogen-bond acceptors (Lipinski definition) is 3. The van der Waals surface area contributed by atoms with Gasteiger partial charge in [0, 0.05) is 0 Å². The third-order valence-electron chi connectivity index (χ3n) is 3.30. The highest BCUT2D eigenvalue weighted by Gasteiger charge is 2.34. The number of halogens is 3. The molecule has 0 spiro atoms. The molecule has 2 N–H and O–H groups in total. The second kappa shape index (κ2) is 5.81. The van der Waals surface area contributed by atoms with Gasteiger partial charge >= 0.3 is 6.18 Å². The Balaban J connectivity index is 2.56. The highest BCUT2D eigenvalue weighted by Crippen LogP contribution is 2.36. The first kappa shape index (κ1) is 15.4. The van der Waals surface area contributed by atoms with Crippen LogP contribution in [0.5, 0.6) is 0 Å². The molecule has 0 aliphatic carbocycles. The van der Waals surface area contributed by atoms with Gasteiger partial charge < -0.3 is 5.73 Å². The number of nitrogens with two attached hydrogens (primary N) is 1. The SMILES string of the molecule is CCc1nnc(C)cc1C(N)c1ccccc1C(F)(F)F. The minimum absolute atomic E-state index is 0.0482. The number of aromatic nitrogens is 2. The molecule has 6 heteroatoms. The highest BCUT2D eigenvalue weighted by atomic mass is 19.4. The minimum Gasteiger partial charge on any atom is -0.320 e. The quantitative estimate of drug-likeness (QED) is 0.944. The summed E-state index contributed by atoms with van der Waals surface area (Å²) >= 11 is 0. The van der Waals surface area contributed by atoms with E-state index in [0.717, 1.165) is 6.07 Å². The molecule has 0 fully saturated rings. The summed E-state index contributed by atoms with van der Waals surface area (Å²) in [5.74, 6) is 0. The van der Waals surface area contributed by atoms with Crippen LogP contribution in [-0.2, 0) is 12.6 Å². The van der Waals surface area contributed by atoms with Crippen LogP contribution in [0.15, 0.2) is 30.3 Å². The van der Waals surface area contributed by atoms with E-state index >= 15 is 0 Å². The first-order chi connectivity index (χ1) is 9.84. The average Bonchev–Trinajstić information content (AvgIpc) is 2.45.